The Morgan fingerprint density at radius 2 is 1.79 bits per heavy atom. The van der Waals surface area contributed by atoms with E-state index in [1.165, 1.54) is 0 Å². The number of hydrogen-bond donors (Lipinski definition) is 2. The number of nitrogens with two attached hydrogens (primary N) is 2. The molecule has 0 aliphatic carbocycles. The summed E-state index contributed by atoms with van der Waals surface area (Å²) in [6, 6.07) is 2.81. The Labute approximate surface area is 109 Å². The van der Waals surface area contributed by atoms with Gasteiger partial charge in [0.2, 0.25) is 10.0 Å². The fourth-order valence-electron chi connectivity index (χ4n) is 1.67. The molecule has 0 spiro atoms. The lowest BCUT2D eigenvalue weighted by molar-refractivity contribution is -0.138. The normalized spacial score (nSPS) is 12.7. The summed E-state index contributed by atoms with van der Waals surface area (Å²) in [4.78, 5) is -0.539. The third kappa shape index (κ3) is 4.48. The second-order valence-electron chi connectivity index (χ2n) is 4.11. The summed E-state index contributed by atoms with van der Waals surface area (Å²) in [5.41, 5.74) is 4.37. The van der Waals surface area contributed by atoms with Crippen LogP contribution in [0.3, 0.4) is 0 Å². The fraction of sp³-hybridized carbons (Fsp3) is 0.455. The van der Waals surface area contributed by atoms with Crippen molar-refractivity contribution in [3.8, 4) is 0 Å². The van der Waals surface area contributed by atoms with Crippen molar-refractivity contribution in [2.45, 2.75) is 30.3 Å². The molecule has 0 radical (unpaired) electrons. The van der Waals surface area contributed by atoms with Crippen molar-refractivity contribution in [2.75, 3.05) is 6.54 Å². The minimum absolute atomic E-state index is 0.0494. The molecule has 1 aromatic rings. The summed E-state index contributed by atoms with van der Waals surface area (Å²) in [5, 5.41) is 4.83. The lowest BCUT2D eigenvalue weighted by Gasteiger charge is -2.14. The first-order valence-electron chi connectivity index (χ1n) is 5.59. The molecule has 1 aromatic carbocycles. The van der Waals surface area contributed by atoms with Gasteiger partial charge in [-0.15, -0.1) is 0 Å². The molecule has 0 saturated carbocycles. The van der Waals surface area contributed by atoms with E-state index < -0.39 is 26.7 Å². The van der Waals surface area contributed by atoms with Crippen molar-refractivity contribution < 1.29 is 21.6 Å². The van der Waals surface area contributed by atoms with Crippen LogP contribution >= 0.6 is 0 Å². The molecule has 1 rings (SSSR count). The Balaban J connectivity index is 3.18. The highest BCUT2D eigenvalue weighted by atomic mass is 32.2. The van der Waals surface area contributed by atoms with Gasteiger partial charge in [0.15, 0.2) is 0 Å². The molecule has 0 heterocycles. The standard InChI is InChI=1S/C11H15F3N2O2S/c12-11(13,14)10-7-9(19(16,17)18)5-4-8(10)3-1-2-6-15/h4-5,7H,1-3,6,15H2,(H2,16,17,18). The van der Waals surface area contributed by atoms with E-state index in [0.29, 0.717) is 25.5 Å². The predicted molar refractivity (Wildman–Crippen MR) is 64.8 cm³/mol. The van der Waals surface area contributed by atoms with Crippen LogP contribution in [0.5, 0.6) is 0 Å². The van der Waals surface area contributed by atoms with E-state index in [2.05, 4.69) is 0 Å². The lowest BCUT2D eigenvalue weighted by atomic mass is 10.0. The van der Waals surface area contributed by atoms with Crippen LogP contribution in [-0.4, -0.2) is 15.0 Å². The van der Waals surface area contributed by atoms with E-state index in [1.54, 1.807) is 0 Å². The third-order valence-electron chi connectivity index (χ3n) is 2.62. The van der Waals surface area contributed by atoms with Crippen molar-refractivity contribution in [1.29, 1.82) is 0 Å². The molecule has 0 aromatic heterocycles. The zero-order valence-electron chi connectivity index (χ0n) is 10.1. The second-order valence-corrected chi connectivity index (χ2v) is 5.67. The number of halogens is 3. The number of hydrogen-bond acceptors (Lipinski definition) is 3. The fourth-order valence-corrected chi connectivity index (χ4v) is 2.21. The van der Waals surface area contributed by atoms with Gasteiger partial charge in [0.1, 0.15) is 0 Å². The number of aryl methyl sites for hydroxylation is 1. The number of benzene rings is 1. The summed E-state index contributed by atoms with van der Waals surface area (Å²) in [6.45, 7) is 0.399. The molecular weight excluding hydrogens is 281 g/mol. The third-order valence-corrected chi connectivity index (χ3v) is 3.53. The first-order valence-corrected chi connectivity index (χ1v) is 7.14. The number of unbranched alkanes of at least 4 members (excludes halogenated alkanes) is 1. The molecule has 0 saturated heterocycles. The molecule has 0 bridgehead atoms. The smallest absolute Gasteiger partial charge is 0.330 e. The molecule has 0 aliphatic rings. The first kappa shape index (κ1) is 15.9. The van der Waals surface area contributed by atoms with Crippen LogP contribution in [0.25, 0.3) is 0 Å². The second kappa shape index (κ2) is 5.89. The molecule has 4 N–H and O–H groups in total. The SMILES string of the molecule is NCCCCc1ccc(S(N)(=O)=O)cc1C(F)(F)F. The van der Waals surface area contributed by atoms with Gasteiger partial charge in [-0.3, -0.25) is 0 Å². The summed E-state index contributed by atoms with van der Waals surface area (Å²) in [6.07, 6.45) is -3.31. The predicted octanol–water partition coefficient (Wildman–Crippen LogP) is 1.63. The van der Waals surface area contributed by atoms with Crippen molar-refractivity contribution >= 4 is 10.0 Å². The van der Waals surface area contributed by atoms with Gasteiger partial charge in [0.25, 0.3) is 0 Å². The van der Waals surface area contributed by atoms with E-state index in [0.717, 1.165) is 12.1 Å². The lowest BCUT2D eigenvalue weighted by Crippen LogP contribution is -2.16. The maximum atomic E-state index is 12.9. The topological polar surface area (TPSA) is 86.2 Å². The number of sulfonamides is 1. The Kier molecular flexibility index (Phi) is 4.94. The van der Waals surface area contributed by atoms with Gasteiger partial charge < -0.3 is 5.73 Å². The van der Waals surface area contributed by atoms with Crippen molar-refractivity contribution in [3.63, 3.8) is 0 Å². The van der Waals surface area contributed by atoms with Crippen molar-refractivity contribution in [3.05, 3.63) is 29.3 Å². The summed E-state index contributed by atoms with van der Waals surface area (Å²) >= 11 is 0. The molecule has 0 amide bonds. The van der Waals surface area contributed by atoms with Gasteiger partial charge in [0.05, 0.1) is 10.5 Å². The Bertz CT molecular complexity index is 541. The van der Waals surface area contributed by atoms with Gasteiger partial charge >= 0.3 is 6.18 Å². The van der Waals surface area contributed by atoms with Gasteiger partial charge in [-0.1, -0.05) is 6.07 Å². The van der Waals surface area contributed by atoms with Crippen LogP contribution in [0, 0.1) is 0 Å². The number of rotatable bonds is 5. The van der Waals surface area contributed by atoms with Crippen LogP contribution in [-0.2, 0) is 22.6 Å². The van der Waals surface area contributed by atoms with E-state index in [1.807, 2.05) is 0 Å². The molecule has 0 fully saturated rings. The quantitative estimate of drug-likeness (QED) is 0.810. The summed E-state index contributed by atoms with van der Waals surface area (Å²) < 4.78 is 60.8. The zero-order valence-corrected chi connectivity index (χ0v) is 10.9. The Morgan fingerprint density at radius 1 is 1.16 bits per heavy atom. The molecule has 108 valence electrons. The van der Waals surface area contributed by atoms with Crippen LogP contribution in [0.1, 0.15) is 24.0 Å². The summed E-state index contributed by atoms with van der Waals surface area (Å²) in [5.74, 6) is 0. The highest BCUT2D eigenvalue weighted by molar-refractivity contribution is 7.89. The van der Waals surface area contributed by atoms with E-state index in [9.17, 15) is 21.6 Å². The maximum Gasteiger partial charge on any atom is 0.416 e. The van der Waals surface area contributed by atoms with Crippen LogP contribution in [0.15, 0.2) is 23.1 Å². The van der Waals surface area contributed by atoms with E-state index >= 15 is 0 Å². The van der Waals surface area contributed by atoms with Crippen LogP contribution in [0.4, 0.5) is 13.2 Å². The minimum Gasteiger partial charge on any atom is -0.330 e. The molecule has 0 atom stereocenters. The Hall–Kier alpha value is -1.12. The highest BCUT2D eigenvalue weighted by Gasteiger charge is 2.34. The maximum absolute atomic E-state index is 12.9. The van der Waals surface area contributed by atoms with Crippen molar-refractivity contribution in [2.24, 2.45) is 10.9 Å². The Morgan fingerprint density at radius 3 is 2.26 bits per heavy atom. The molecule has 0 unspecified atom stereocenters. The van der Waals surface area contributed by atoms with E-state index in [-0.39, 0.29) is 12.0 Å². The molecule has 0 aliphatic heterocycles. The van der Waals surface area contributed by atoms with Gasteiger partial charge in [-0.2, -0.15) is 13.2 Å². The monoisotopic (exact) mass is 296 g/mol. The van der Waals surface area contributed by atoms with E-state index in [4.69, 9.17) is 10.9 Å². The summed E-state index contributed by atoms with van der Waals surface area (Å²) in [7, 11) is -4.15. The molecule has 4 nitrogen and oxygen atoms in total. The number of primary sulfonamides is 1. The molecule has 8 heteroatoms. The largest absolute Gasteiger partial charge is 0.416 e. The zero-order chi connectivity index (χ0) is 14.7. The number of alkyl halides is 3. The average molecular weight is 296 g/mol. The minimum atomic E-state index is -4.61. The molecule has 19 heavy (non-hydrogen) atoms. The van der Waals surface area contributed by atoms with Crippen molar-refractivity contribution in [1.82, 2.24) is 0 Å². The van der Waals surface area contributed by atoms with Crippen LogP contribution < -0.4 is 10.9 Å². The molecular formula is C11H15F3N2O2S. The first-order chi connectivity index (χ1) is 8.66. The van der Waals surface area contributed by atoms with Gasteiger partial charge in [-0.05, 0) is 43.5 Å². The average Bonchev–Trinajstić information content (AvgIpc) is 2.27. The van der Waals surface area contributed by atoms with Crippen LogP contribution in [0.2, 0.25) is 0 Å². The van der Waals surface area contributed by atoms with Gasteiger partial charge in [-0.25, -0.2) is 13.6 Å². The highest BCUT2D eigenvalue weighted by Crippen LogP contribution is 2.34. The van der Waals surface area contributed by atoms with Gasteiger partial charge in [0, 0.05) is 0 Å².